The molecular formula is C29H32F2N6O2S. The molecule has 5 rings (SSSR count). The molecule has 0 spiro atoms. The van der Waals surface area contributed by atoms with Gasteiger partial charge in [-0.15, -0.1) is 0 Å². The first-order valence-electron chi connectivity index (χ1n) is 13.5. The minimum absolute atomic E-state index is 0.0269. The maximum absolute atomic E-state index is 14.7. The topological polar surface area (TPSA) is 116 Å². The average Bonchev–Trinajstić information content (AvgIpc) is 3.38. The summed E-state index contributed by atoms with van der Waals surface area (Å²) < 4.78 is 50.6. The van der Waals surface area contributed by atoms with Crippen molar-refractivity contribution in [2.75, 3.05) is 29.5 Å². The molecule has 2 aromatic heterocycles. The number of halogens is 2. The summed E-state index contributed by atoms with van der Waals surface area (Å²) in [6.45, 7) is 2.77. The Balaban J connectivity index is 1.53. The highest BCUT2D eigenvalue weighted by molar-refractivity contribution is 7.92. The molecule has 1 aromatic carbocycles. The van der Waals surface area contributed by atoms with Crippen LogP contribution in [0, 0.1) is 33.8 Å². The van der Waals surface area contributed by atoms with Crippen molar-refractivity contribution in [2.45, 2.75) is 44.7 Å². The van der Waals surface area contributed by atoms with E-state index < -0.39 is 33.6 Å². The first-order chi connectivity index (χ1) is 19.1. The first kappa shape index (κ1) is 27.9. The van der Waals surface area contributed by atoms with Gasteiger partial charge in [-0.05, 0) is 56.0 Å². The predicted octanol–water partition coefficient (Wildman–Crippen LogP) is 5.28. The third kappa shape index (κ3) is 5.92. The van der Waals surface area contributed by atoms with Crippen molar-refractivity contribution >= 4 is 21.2 Å². The van der Waals surface area contributed by atoms with E-state index in [-0.39, 0.29) is 30.4 Å². The standard InChI is InChI=1S/C29H32F2N6O2S/c1-19(17-32)15-27(38)24-16-21(30)6-9-23(24)28-25(18-37(35-28)29-26(31)3-2-10-34-29)20-4-7-22(8-5-20)36-11-13-40(33,39)14-12-36/h2-5,7-8,10,18-19,21,23-24,33H,6,9,11-16H2,1H3/t19-,21+,23-,24-/m1/s1. The fraction of sp³-hybridized carbons (Fsp3) is 0.448. The van der Waals surface area contributed by atoms with Gasteiger partial charge in [-0.3, -0.25) is 9.57 Å². The Morgan fingerprint density at radius 1 is 1.23 bits per heavy atom. The largest absolute Gasteiger partial charge is 0.370 e. The van der Waals surface area contributed by atoms with Crippen LogP contribution in [0.25, 0.3) is 16.9 Å². The maximum atomic E-state index is 14.7. The van der Waals surface area contributed by atoms with Gasteiger partial charge in [-0.1, -0.05) is 12.1 Å². The minimum atomic E-state index is -2.51. The van der Waals surface area contributed by atoms with Gasteiger partial charge in [-0.25, -0.2) is 22.7 Å². The van der Waals surface area contributed by atoms with Crippen LogP contribution in [0.4, 0.5) is 14.5 Å². The van der Waals surface area contributed by atoms with E-state index in [1.165, 1.54) is 23.0 Å². The lowest BCUT2D eigenvalue weighted by Crippen LogP contribution is -2.39. The average molecular weight is 567 g/mol. The zero-order valence-corrected chi connectivity index (χ0v) is 23.1. The number of carbonyl (C=O) groups excluding carboxylic acids is 1. The van der Waals surface area contributed by atoms with E-state index in [4.69, 9.17) is 9.88 Å². The minimum Gasteiger partial charge on any atom is -0.370 e. The number of anilines is 1. The van der Waals surface area contributed by atoms with Gasteiger partial charge in [-0.2, -0.15) is 10.4 Å². The van der Waals surface area contributed by atoms with Gasteiger partial charge in [0.2, 0.25) is 0 Å². The van der Waals surface area contributed by atoms with Crippen LogP contribution in [0.5, 0.6) is 0 Å². The predicted molar refractivity (Wildman–Crippen MR) is 149 cm³/mol. The molecular weight excluding hydrogens is 534 g/mol. The molecule has 0 unspecified atom stereocenters. The molecule has 1 N–H and O–H groups in total. The molecule has 0 bridgehead atoms. The number of pyridine rings is 1. The van der Waals surface area contributed by atoms with E-state index in [0.717, 1.165) is 11.3 Å². The number of rotatable bonds is 7. The summed E-state index contributed by atoms with van der Waals surface area (Å²) in [5, 5.41) is 14.0. The summed E-state index contributed by atoms with van der Waals surface area (Å²) >= 11 is 0. The normalized spacial score (nSPS) is 23.4. The molecule has 2 aliphatic rings. The Kier molecular flexibility index (Phi) is 7.99. The summed E-state index contributed by atoms with van der Waals surface area (Å²) in [5.74, 6) is -1.51. The highest BCUT2D eigenvalue weighted by Gasteiger charge is 2.39. The summed E-state index contributed by atoms with van der Waals surface area (Å²) in [5.41, 5.74) is 3.04. The van der Waals surface area contributed by atoms with Crippen molar-refractivity contribution in [3.8, 4) is 23.0 Å². The van der Waals surface area contributed by atoms with Crippen LogP contribution in [0.3, 0.4) is 0 Å². The fourth-order valence-electron chi connectivity index (χ4n) is 5.68. The van der Waals surface area contributed by atoms with Crippen molar-refractivity contribution in [3.63, 3.8) is 0 Å². The van der Waals surface area contributed by atoms with Crippen molar-refractivity contribution in [3.05, 3.63) is 60.3 Å². The lowest BCUT2D eigenvalue weighted by Gasteiger charge is -2.32. The van der Waals surface area contributed by atoms with Crippen LogP contribution in [-0.2, 0) is 14.5 Å². The summed E-state index contributed by atoms with van der Waals surface area (Å²) in [7, 11) is -2.51. The van der Waals surface area contributed by atoms with Gasteiger partial charge in [0.25, 0.3) is 0 Å². The monoisotopic (exact) mass is 566 g/mol. The number of aromatic nitrogens is 3. The second kappa shape index (κ2) is 11.5. The second-order valence-electron chi connectivity index (χ2n) is 10.8. The van der Waals surface area contributed by atoms with Crippen LogP contribution in [0.2, 0.25) is 0 Å². The lowest BCUT2D eigenvalue weighted by atomic mass is 9.72. The number of Topliss-reactive ketones (excluding diaryl/α,β-unsaturated/α-hetero) is 1. The molecule has 3 heterocycles. The van der Waals surface area contributed by atoms with Gasteiger partial charge in [0.05, 0.1) is 17.7 Å². The number of hydrogen-bond donors (Lipinski definition) is 1. The number of hydrogen-bond acceptors (Lipinski definition) is 7. The Hall–Kier alpha value is -3.65. The SMILES string of the molecule is C[C@@H](C#N)CC(=O)[C@@H]1C[C@@H](F)CC[C@H]1c1nn(-c2ncccc2F)cc1-c1ccc(N2CCS(=N)(=O)CC2)cc1. The van der Waals surface area contributed by atoms with E-state index in [9.17, 15) is 23.0 Å². The molecule has 210 valence electrons. The number of ketones is 1. The van der Waals surface area contributed by atoms with Crippen molar-refractivity contribution in [1.82, 2.24) is 14.8 Å². The molecule has 3 aromatic rings. The third-order valence-corrected chi connectivity index (χ3v) is 9.59. The van der Waals surface area contributed by atoms with E-state index in [2.05, 4.69) is 16.0 Å². The van der Waals surface area contributed by atoms with Crippen molar-refractivity contribution < 1.29 is 17.8 Å². The van der Waals surface area contributed by atoms with Crippen LogP contribution < -0.4 is 4.90 Å². The Bertz CT molecular complexity index is 1520. The number of nitriles is 1. The fourth-order valence-corrected chi connectivity index (χ4v) is 6.91. The number of alkyl halides is 1. The quantitative estimate of drug-likeness (QED) is 0.416. The molecule has 8 nitrogen and oxygen atoms in total. The molecule has 0 amide bonds. The van der Waals surface area contributed by atoms with Crippen molar-refractivity contribution in [1.29, 1.82) is 10.0 Å². The summed E-state index contributed by atoms with van der Waals surface area (Å²) in [6, 6.07) is 12.6. The number of nitrogens with zero attached hydrogens (tertiary/aromatic N) is 5. The molecule has 1 aliphatic carbocycles. The van der Waals surface area contributed by atoms with Crippen molar-refractivity contribution in [2.24, 2.45) is 11.8 Å². The molecule has 2 fully saturated rings. The highest BCUT2D eigenvalue weighted by atomic mass is 32.2. The van der Waals surface area contributed by atoms with E-state index >= 15 is 0 Å². The molecule has 40 heavy (non-hydrogen) atoms. The summed E-state index contributed by atoms with van der Waals surface area (Å²) in [4.78, 5) is 19.5. The smallest absolute Gasteiger partial charge is 0.189 e. The van der Waals surface area contributed by atoms with Crippen LogP contribution in [-0.4, -0.2) is 55.5 Å². The summed E-state index contributed by atoms with van der Waals surface area (Å²) in [6.07, 6.45) is 2.89. The van der Waals surface area contributed by atoms with Gasteiger partial charge >= 0.3 is 0 Å². The third-order valence-electron chi connectivity index (χ3n) is 7.90. The second-order valence-corrected chi connectivity index (χ2v) is 13.2. The van der Waals surface area contributed by atoms with Gasteiger partial charge in [0, 0.05) is 76.2 Å². The van der Waals surface area contributed by atoms with Gasteiger partial charge in [0.1, 0.15) is 12.0 Å². The van der Waals surface area contributed by atoms with Crippen LogP contribution in [0.15, 0.2) is 48.8 Å². The van der Waals surface area contributed by atoms with Crippen LogP contribution in [0.1, 0.15) is 44.2 Å². The Morgan fingerprint density at radius 3 is 2.62 bits per heavy atom. The van der Waals surface area contributed by atoms with Gasteiger partial charge < -0.3 is 4.90 Å². The number of carbonyl (C=O) groups is 1. The highest BCUT2D eigenvalue weighted by Crippen LogP contribution is 2.43. The molecule has 11 heteroatoms. The molecule has 4 atom stereocenters. The Labute approximate surface area is 233 Å². The lowest BCUT2D eigenvalue weighted by molar-refractivity contribution is -0.125. The zero-order chi connectivity index (χ0) is 28.4. The van der Waals surface area contributed by atoms with Gasteiger partial charge in [0.15, 0.2) is 11.6 Å². The molecule has 0 radical (unpaired) electrons. The molecule has 1 saturated carbocycles. The first-order valence-corrected chi connectivity index (χ1v) is 15.4. The number of nitrogens with one attached hydrogen (secondary N) is 1. The van der Waals surface area contributed by atoms with E-state index in [0.29, 0.717) is 48.7 Å². The number of benzene rings is 1. The van der Waals surface area contributed by atoms with Crippen LogP contribution >= 0.6 is 0 Å². The molecule has 1 aliphatic heterocycles. The zero-order valence-electron chi connectivity index (χ0n) is 22.3. The maximum Gasteiger partial charge on any atom is 0.189 e. The van der Waals surface area contributed by atoms with E-state index in [1.54, 1.807) is 13.1 Å². The molecule has 1 saturated heterocycles. The van der Waals surface area contributed by atoms with E-state index in [1.807, 2.05) is 24.3 Å². The Morgan fingerprint density at radius 2 is 1.95 bits per heavy atom.